The maximum absolute atomic E-state index is 11.9. The molecule has 1 aromatic heterocycles. The van der Waals surface area contributed by atoms with Gasteiger partial charge in [-0.1, -0.05) is 60.1 Å². The Labute approximate surface area is 216 Å². The summed E-state index contributed by atoms with van der Waals surface area (Å²) in [5.41, 5.74) is 3.93. The lowest BCUT2D eigenvalue weighted by Gasteiger charge is -2.13. The second kappa shape index (κ2) is 9.25. The zero-order valence-electron chi connectivity index (χ0n) is 19.2. The van der Waals surface area contributed by atoms with Gasteiger partial charge in [-0.25, -0.2) is 4.99 Å². The Bertz CT molecular complexity index is 1730. The number of non-ortho nitro benzene ring substituents is 1. The van der Waals surface area contributed by atoms with Gasteiger partial charge in [-0.05, 0) is 30.3 Å². The van der Waals surface area contributed by atoms with E-state index in [2.05, 4.69) is 15.5 Å². The van der Waals surface area contributed by atoms with Crippen molar-refractivity contribution in [2.75, 3.05) is 5.32 Å². The first-order chi connectivity index (χ1) is 18.1. The number of rotatable bonds is 5. The molecule has 0 fully saturated rings. The van der Waals surface area contributed by atoms with E-state index >= 15 is 0 Å². The van der Waals surface area contributed by atoms with E-state index in [1.54, 1.807) is 18.5 Å². The number of nitrogens with zero attached hydrogens (tertiary/aromatic N) is 3. The summed E-state index contributed by atoms with van der Waals surface area (Å²) in [6, 6.07) is 25.8. The van der Waals surface area contributed by atoms with Crippen molar-refractivity contribution in [2.24, 2.45) is 4.99 Å². The molecule has 9 heteroatoms. The van der Waals surface area contributed by atoms with Crippen LogP contribution in [0.1, 0.15) is 16.7 Å². The molecular formula is C28H18ClN5O3. The monoisotopic (exact) mass is 507 g/mol. The number of aromatic amines is 1. The van der Waals surface area contributed by atoms with Gasteiger partial charge in [0.2, 0.25) is 0 Å². The second-order valence-electron chi connectivity index (χ2n) is 8.29. The maximum Gasteiger partial charge on any atom is 0.295 e. The fourth-order valence-corrected chi connectivity index (χ4v) is 4.51. The summed E-state index contributed by atoms with van der Waals surface area (Å²) in [7, 11) is 0. The highest BCUT2D eigenvalue weighted by Gasteiger charge is 2.26. The number of fused-ring (bicyclic) bond motifs is 3. The van der Waals surface area contributed by atoms with Crippen molar-refractivity contribution in [3.8, 4) is 11.5 Å². The van der Waals surface area contributed by atoms with E-state index in [1.165, 1.54) is 6.07 Å². The van der Waals surface area contributed by atoms with Gasteiger partial charge in [0.15, 0.2) is 0 Å². The Kier molecular flexibility index (Phi) is 5.63. The summed E-state index contributed by atoms with van der Waals surface area (Å²) in [5.74, 6) is 1.36. The number of aliphatic imine (C=N–C) groups is 1. The molecule has 2 N–H and O–H groups in total. The third kappa shape index (κ3) is 4.19. The molecule has 37 heavy (non-hydrogen) atoms. The molecule has 6 rings (SSSR count). The van der Waals surface area contributed by atoms with Gasteiger partial charge in [-0.15, -0.1) is 0 Å². The van der Waals surface area contributed by atoms with Gasteiger partial charge in [-0.3, -0.25) is 15.2 Å². The van der Waals surface area contributed by atoms with E-state index in [9.17, 15) is 10.1 Å². The number of hydrogen-bond donors (Lipinski definition) is 2. The molecule has 8 nitrogen and oxygen atoms in total. The fourth-order valence-electron chi connectivity index (χ4n) is 4.29. The lowest BCUT2D eigenvalue weighted by molar-refractivity contribution is -0.383. The van der Waals surface area contributed by atoms with E-state index in [-0.39, 0.29) is 5.69 Å². The number of halogens is 1. The SMILES string of the molecule is O=[N+]([O-])c1cc2c(c3cn[nH]c13)NC=C(c1cccc(Oc3ccccc3)c1)N=C2c1ccccc1Cl. The summed E-state index contributed by atoms with van der Waals surface area (Å²) < 4.78 is 6.02. The van der Waals surface area contributed by atoms with Gasteiger partial charge >= 0.3 is 0 Å². The van der Waals surface area contributed by atoms with Crippen LogP contribution in [0.4, 0.5) is 11.4 Å². The first-order valence-electron chi connectivity index (χ1n) is 11.4. The minimum Gasteiger partial charge on any atom is -0.457 e. The molecule has 0 radical (unpaired) electrons. The zero-order valence-corrected chi connectivity index (χ0v) is 19.9. The van der Waals surface area contributed by atoms with Crippen LogP contribution in [0.15, 0.2) is 102 Å². The Balaban J connectivity index is 1.53. The lowest BCUT2D eigenvalue weighted by Crippen LogP contribution is -2.07. The molecule has 0 amide bonds. The number of benzene rings is 4. The minimum atomic E-state index is -0.436. The zero-order chi connectivity index (χ0) is 25.4. The van der Waals surface area contributed by atoms with Gasteiger partial charge in [0, 0.05) is 34.0 Å². The first-order valence-corrected chi connectivity index (χ1v) is 11.7. The normalized spacial score (nSPS) is 12.7. The third-order valence-corrected chi connectivity index (χ3v) is 6.32. The predicted molar refractivity (Wildman–Crippen MR) is 144 cm³/mol. The maximum atomic E-state index is 11.9. The van der Waals surface area contributed by atoms with Crippen LogP contribution >= 0.6 is 11.6 Å². The van der Waals surface area contributed by atoms with Gasteiger partial charge in [0.25, 0.3) is 5.69 Å². The van der Waals surface area contributed by atoms with Gasteiger partial charge in [0.1, 0.15) is 17.0 Å². The number of aromatic nitrogens is 2. The number of H-pyrrole nitrogens is 1. The lowest BCUT2D eigenvalue weighted by atomic mass is 9.97. The Morgan fingerprint density at radius 1 is 0.892 bits per heavy atom. The van der Waals surface area contributed by atoms with Crippen LogP contribution in [0.3, 0.4) is 0 Å². The van der Waals surface area contributed by atoms with E-state index in [4.69, 9.17) is 21.3 Å². The molecule has 4 aromatic carbocycles. The summed E-state index contributed by atoms with van der Waals surface area (Å²) in [6.45, 7) is 0. The summed E-state index contributed by atoms with van der Waals surface area (Å²) in [4.78, 5) is 16.5. The Morgan fingerprint density at radius 2 is 1.68 bits per heavy atom. The van der Waals surface area contributed by atoms with Crippen LogP contribution in [0.2, 0.25) is 5.02 Å². The third-order valence-electron chi connectivity index (χ3n) is 5.99. The van der Waals surface area contributed by atoms with Crippen molar-refractivity contribution in [1.29, 1.82) is 0 Å². The Morgan fingerprint density at radius 3 is 2.49 bits per heavy atom. The molecule has 0 unspecified atom stereocenters. The molecule has 0 saturated heterocycles. The van der Waals surface area contributed by atoms with Gasteiger partial charge < -0.3 is 10.1 Å². The minimum absolute atomic E-state index is 0.102. The number of ether oxygens (including phenoxy) is 1. The number of hydrogen-bond acceptors (Lipinski definition) is 6. The van der Waals surface area contributed by atoms with Crippen LogP contribution < -0.4 is 10.1 Å². The molecule has 0 spiro atoms. The van der Waals surface area contributed by atoms with Gasteiger partial charge in [-0.2, -0.15) is 5.10 Å². The van der Waals surface area contributed by atoms with Crippen LogP contribution in [-0.4, -0.2) is 20.8 Å². The Hall–Kier alpha value is -4.95. The van der Waals surface area contributed by atoms with Crippen molar-refractivity contribution >= 4 is 45.3 Å². The summed E-state index contributed by atoms with van der Waals surface area (Å²) in [6.07, 6.45) is 3.33. The van der Waals surface area contributed by atoms with Crippen LogP contribution in [0, 0.1) is 10.1 Å². The number of anilines is 1. The van der Waals surface area contributed by atoms with Crippen LogP contribution in [0.25, 0.3) is 16.6 Å². The molecule has 0 aliphatic carbocycles. The van der Waals surface area contributed by atoms with Gasteiger partial charge in [0.05, 0.1) is 33.6 Å². The molecule has 1 aliphatic heterocycles. The molecule has 2 heterocycles. The smallest absolute Gasteiger partial charge is 0.295 e. The van der Waals surface area contributed by atoms with E-state index in [1.807, 2.05) is 72.8 Å². The van der Waals surface area contributed by atoms with Crippen LogP contribution in [-0.2, 0) is 0 Å². The van der Waals surface area contributed by atoms with Crippen molar-refractivity contribution in [3.63, 3.8) is 0 Å². The van der Waals surface area contributed by atoms with E-state index in [0.717, 1.165) is 11.3 Å². The predicted octanol–water partition coefficient (Wildman–Crippen LogP) is 7.18. The first kappa shape index (κ1) is 22.5. The van der Waals surface area contributed by atoms with Crippen molar-refractivity contribution in [3.05, 3.63) is 129 Å². The highest BCUT2D eigenvalue weighted by atomic mass is 35.5. The largest absolute Gasteiger partial charge is 0.457 e. The number of nitro benzene ring substituents is 1. The molecule has 0 saturated carbocycles. The average molecular weight is 508 g/mol. The van der Waals surface area contributed by atoms with E-state index < -0.39 is 4.92 Å². The van der Waals surface area contributed by atoms with E-state index in [0.29, 0.717) is 49.9 Å². The molecule has 0 bridgehead atoms. The quantitative estimate of drug-likeness (QED) is 0.193. The second-order valence-corrected chi connectivity index (χ2v) is 8.70. The molecule has 1 aliphatic rings. The summed E-state index contributed by atoms with van der Waals surface area (Å²) >= 11 is 6.59. The molecule has 180 valence electrons. The highest BCUT2D eigenvalue weighted by molar-refractivity contribution is 6.36. The van der Waals surface area contributed by atoms with Crippen molar-refractivity contribution in [1.82, 2.24) is 10.2 Å². The molecular weight excluding hydrogens is 490 g/mol. The number of para-hydroxylation sites is 1. The number of nitro groups is 1. The number of nitrogens with one attached hydrogen (secondary N) is 2. The van der Waals surface area contributed by atoms with Crippen molar-refractivity contribution in [2.45, 2.75) is 0 Å². The standard InChI is InChI=1S/C28H18ClN5O3/c29-23-12-5-4-11-20(23)27-21-14-25(34(35)36)28-22(15-31-33-28)26(21)30-16-24(32-27)17-7-6-10-19(13-17)37-18-8-2-1-3-9-18/h1-16,30H,(H,31,33). The fraction of sp³-hybridized carbons (Fsp3) is 0. The molecule has 0 atom stereocenters. The average Bonchev–Trinajstić information content (AvgIpc) is 3.32. The topological polar surface area (TPSA) is 105 Å². The highest BCUT2D eigenvalue weighted by Crippen LogP contribution is 2.39. The van der Waals surface area contributed by atoms with Crippen molar-refractivity contribution < 1.29 is 9.66 Å². The molecule has 5 aromatic rings. The van der Waals surface area contributed by atoms with Crippen LogP contribution in [0.5, 0.6) is 11.5 Å². The summed E-state index contributed by atoms with van der Waals surface area (Å²) in [5, 5.41) is 23.1.